The summed E-state index contributed by atoms with van der Waals surface area (Å²) < 4.78 is 1.80. The average Bonchev–Trinajstić information content (AvgIpc) is 2.78. The zero-order valence-corrected chi connectivity index (χ0v) is 10.6. The zero-order chi connectivity index (χ0) is 13.1. The van der Waals surface area contributed by atoms with Crippen molar-refractivity contribution < 1.29 is 9.90 Å². The largest absolute Gasteiger partial charge is 0.478 e. The Morgan fingerprint density at radius 2 is 2.11 bits per heavy atom. The standard InChI is InChI=1S/C13H17N3O2/c1-3-9(4-2)8-16-12-7-10(13(17)18)5-6-11(12)14-15-16/h5-7,9H,3-4,8H2,1-2H3,(H,17,18). The van der Waals surface area contributed by atoms with E-state index in [0.29, 0.717) is 5.92 Å². The quantitative estimate of drug-likeness (QED) is 0.881. The van der Waals surface area contributed by atoms with Gasteiger partial charge in [-0.2, -0.15) is 0 Å². The molecule has 5 heteroatoms. The van der Waals surface area contributed by atoms with Gasteiger partial charge in [0, 0.05) is 6.54 Å². The van der Waals surface area contributed by atoms with Crippen LogP contribution in [-0.4, -0.2) is 26.1 Å². The van der Waals surface area contributed by atoms with Crippen molar-refractivity contribution in [2.75, 3.05) is 0 Å². The van der Waals surface area contributed by atoms with Crippen LogP contribution >= 0.6 is 0 Å². The second kappa shape index (κ2) is 5.16. The number of benzene rings is 1. The first kappa shape index (κ1) is 12.5. The van der Waals surface area contributed by atoms with E-state index in [1.54, 1.807) is 22.9 Å². The fourth-order valence-electron chi connectivity index (χ4n) is 2.02. The van der Waals surface area contributed by atoms with Crippen LogP contribution in [0.2, 0.25) is 0 Å². The number of rotatable bonds is 5. The third kappa shape index (κ3) is 2.34. The van der Waals surface area contributed by atoms with Gasteiger partial charge in [-0.25, -0.2) is 9.48 Å². The summed E-state index contributed by atoms with van der Waals surface area (Å²) in [5, 5.41) is 17.2. The molecule has 2 rings (SSSR count). The molecule has 0 saturated carbocycles. The molecule has 1 N–H and O–H groups in total. The van der Waals surface area contributed by atoms with Crippen LogP contribution in [0.1, 0.15) is 37.0 Å². The van der Waals surface area contributed by atoms with Gasteiger partial charge in [-0.15, -0.1) is 5.10 Å². The summed E-state index contributed by atoms with van der Waals surface area (Å²) in [7, 11) is 0. The van der Waals surface area contributed by atoms with Crippen LogP contribution in [0, 0.1) is 5.92 Å². The van der Waals surface area contributed by atoms with Crippen LogP contribution in [0.5, 0.6) is 0 Å². The molecular formula is C13H17N3O2. The molecule has 0 unspecified atom stereocenters. The van der Waals surface area contributed by atoms with Crippen molar-refractivity contribution in [2.24, 2.45) is 5.92 Å². The molecule has 0 saturated heterocycles. The molecule has 1 aromatic carbocycles. The Morgan fingerprint density at radius 1 is 1.39 bits per heavy atom. The molecular weight excluding hydrogens is 230 g/mol. The highest BCUT2D eigenvalue weighted by atomic mass is 16.4. The van der Waals surface area contributed by atoms with E-state index >= 15 is 0 Å². The molecule has 0 spiro atoms. The number of hydrogen-bond donors (Lipinski definition) is 1. The Kier molecular flexibility index (Phi) is 3.60. The van der Waals surface area contributed by atoms with Crippen molar-refractivity contribution in [1.82, 2.24) is 15.0 Å². The van der Waals surface area contributed by atoms with Gasteiger partial charge in [0.05, 0.1) is 11.1 Å². The molecule has 0 bridgehead atoms. The van der Waals surface area contributed by atoms with Crippen LogP contribution in [-0.2, 0) is 6.54 Å². The van der Waals surface area contributed by atoms with Gasteiger partial charge < -0.3 is 5.11 Å². The lowest BCUT2D eigenvalue weighted by atomic mass is 10.0. The van der Waals surface area contributed by atoms with Gasteiger partial charge in [-0.1, -0.05) is 31.9 Å². The number of aromatic nitrogens is 3. The predicted octanol–water partition coefficient (Wildman–Crippen LogP) is 2.57. The molecule has 0 amide bonds. The Morgan fingerprint density at radius 3 is 2.72 bits per heavy atom. The van der Waals surface area contributed by atoms with Crippen molar-refractivity contribution in [1.29, 1.82) is 0 Å². The summed E-state index contributed by atoms with van der Waals surface area (Å²) in [5.41, 5.74) is 1.81. The van der Waals surface area contributed by atoms with Gasteiger partial charge in [0.1, 0.15) is 5.52 Å². The highest BCUT2D eigenvalue weighted by molar-refractivity contribution is 5.92. The van der Waals surface area contributed by atoms with Crippen LogP contribution in [0.4, 0.5) is 0 Å². The summed E-state index contributed by atoms with van der Waals surface area (Å²) in [6.07, 6.45) is 2.16. The lowest BCUT2D eigenvalue weighted by Crippen LogP contribution is -2.10. The van der Waals surface area contributed by atoms with Gasteiger partial charge in [0.2, 0.25) is 0 Å². The maximum absolute atomic E-state index is 11.0. The maximum Gasteiger partial charge on any atom is 0.335 e. The molecule has 5 nitrogen and oxygen atoms in total. The first-order valence-corrected chi connectivity index (χ1v) is 6.22. The number of carboxylic acid groups (broad SMARTS) is 1. The Hall–Kier alpha value is -1.91. The molecule has 1 aromatic heterocycles. The van der Waals surface area contributed by atoms with E-state index in [1.165, 1.54) is 0 Å². The Labute approximate surface area is 105 Å². The third-order valence-corrected chi connectivity index (χ3v) is 3.35. The number of hydrogen-bond acceptors (Lipinski definition) is 3. The van der Waals surface area contributed by atoms with Crippen LogP contribution < -0.4 is 0 Å². The Balaban J connectivity index is 2.39. The molecule has 1 heterocycles. The molecule has 2 aromatic rings. The summed E-state index contributed by atoms with van der Waals surface area (Å²) in [4.78, 5) is 11.0. The number of aromatic carboxylic acids is 1. The SMILES string of the molecule is CCC(CC)Cn1nnc2ccc(C(=O)O)cc21. The summed E-state index contributed by atoms with van der Waals surface area (Å²) in [5.74, 6) is -0.379. The smallest absolute Gasteiger partial charge is 0.335 e. The predicted molar refractivity (Wildman–Crippen MR) is 68.6 cm³/mol. The third-order valence-electron chi connectivity index (χ3n) is 3.35. The van der Waals surface area contributed by atoms with Crippen LogP contribution in [0.15, 0.2) is 18.2 Å². The van der Waals surface area contributed by atoms with Crippen molar-refractivity contribution >= 4 is 17.0 Å². The molecule has 96 valence electrons. The fraction of sp³-hybridized carbons (Fsp3) is 0.462. The second-order valence-electron chi connectivity index (χ2n) is 4.46. The van der Waals surface area contributed by atoms with E-state index in [0.717, 1.165) is 30.4 Å². The Bertz CT molecular complexity index is 558. The maximum atomic E-state index is 11.0. The topological polar surface area (TPSA) is 68.0 Å². The van der Waals surface area contributed by atoms with E-state index < -0.39 is 5.97 Å². The van der Waals surface area contributed by atoms with E-state index in [2.05, 4.69) is 24.2 Å². The number of fused-ring (bicyclic) bond motifs is 1. The number of carboxylic acids is 1. The first-order chi connectivity index (χ1) is 8.65. The molecule has 0 fully saturated rings. The van der Waals surface area contributed by atoms with Gasteiger partial charge >= 0.3 is 5.97 Å². The lowest BCUT2D eigenvalue weighted by Gasteiger charge is -2.12. The lowest BCUT2D eigenvalue weighted by molar-refractivity contribution is 0.0697. The average molecular weight is 247 g/mol. The minimum Gasteiger partial charge on any atom is -0.478 e. The molecule has 0 aliphatic heterocycles. The highest BCUT2D eigenvalue weighted by Gasteiger charge is 2.12. The van der Waals surface area contributed by atoms with E-state index in [9.17, 15) is 4.79 Å². The van der Waals surface area contributed by atoms with Crippen LogP contribution in [0.25, 0.3) is 11.0 Å². The summed E-state index contributed by atoms with van der Waals surface area (Å²) in [6.45, 7) is 5.08. The first-order valence-electron chi connectivity index (χ1n) is 6.22. The molecule has 0 aliphatic rings. The number of nitrogens with zero attached hydrogens (tertiary/aromatic N) is 3. The molecule has 18 heavy (non-hydrogen) atoms. The van der Waals surface area contributed by atoms with Crippen molar-refractivity contribution in [3.63, 3.8) is 0 Å². The highest BCUT2D eigenvalue weighted by Crippen LogP contribution is 2.17. The van der Waals surface area contributed by atoms with Crippen molar-refractivity contribution in [3.8, 4) is 0 Å². The molecule has 0 radical (unpaired) electrons. The zero-order valence-electron chi connectivity index (χ0n) is 10.6. The van der Waals surface area contributed by atoms with Gasteiger partial charge in [0.25, 0.3) is 0 Å². The molecule has 0 aliphatic carbocycles. The van der Waals surface area contributed by atoms with E-state index in [4.69, 9.17) is 5.11 Å². The monoisotopic (exact) mass is 247 g/mol. The van der Waals surface area contributed by atoms with Crippen molar-refractivity contribution in [3.05, 3.63) is 23.8 Å². The second-order valence-corrected chi connectivity index (χ2v) is 4.46. The minimum absolute atomic E-state index is 0.274. The minimum atomic E-state index is -0.924. The van der Waals surface area contributed by atoms with Gasteiger partial charge in [-0.05, 0) is 24.1 Å². The fourth-order valence-corrected chi connectivity index (χ4v) is 2.02. The normalized spacial score (nSPS) is 11.3. The number of carbonyl (C=O) groups is 1. The van der Waals surface area contributed by atoms with Gasteiger partial charge in [-0.3, -0.25) is 0 Å². The van der Waals surface area contributed by atoms with Gasteiger partial charge in [0.15, 0.2) is 0 Å². The van der Waals surface area contributed by atoms with E-state index in [1.807, 2.05) is 0 Å². The van der Waals surface area contributed by atoms with E-state index in [-0.39, 0.29) is 5.56 Å². The summed E-state index contributed by atoms with van der Waals surface area (Å²) in [6, 6.07) is 4.90. The summed E-state index contributed by atoms with van der Waals surface area (Å²) >= 11 is 0. The van der Waals surface area contributed by atoms with Crippen molar-refractivity contribution in [2.45, 2.75) is 33.2 Å². The molecule has 0 atom stereocenters. The van der Waals surface area contributed by atoms with Crippen LogP contribution in [0.3, 0.4) is 0 Å².